The van der Waals surface area contributed by atoms with Crippen LogP contribution in [0.2, 0.25) is 0 Å². The van der Waals surface area contributed by atoms with Gasteiger partial charge in [-0.3, -0.25) is 0 Å². The quantitative estimate of drug-likeness (QED) is 0.596. The van der Waals surface area contributed by atoms with Crippen molar-refractivity contribution in [1.82, 2.24) is 9.34 Å². The van der Waals surface area contributed by atoms with Crippen molar-refractivity contribution in [3.8, 4) is 0 Å². The average molecular weight is 304 g/mol. The first-order valence-corrected chi connectivity index (χ1v) is 9.10. The van der Waals surface area contributed by atoms with E-state index in [2.05, 4.69) is 85.5 Å². The van der Waals surface area contributed by atoms with Crippen molar-refractivity contribution in [2.75, 3.05) is 0 Å². The van der Waals surface area contributed by atoms with Crippen LogP contribution in [0.1, 0.15) is 76.2 Å². The van der Waals surface area contributed by atoms with Crippen molar-refractivity contribution in [2.24, 2.45) is 0 Å². The normalized spacial score (nSPS) is 14.1. The minimum absolute atomic E-state index is 0.129. The van der Waals surface area contributed by atoms with Crippen molar-refractivity contribution in [1.29, 1.82) is 0 Å². The molecule has 0 N–H and O–H groups in total. The maximum absolute atomic E-state index is 6.52. The highest BCUT2D eigenvalue weighted by Crippen LogP contribution is 2.53. The lowest BCUT2D eigenvalue weighted by Crippen LogP contribution is -2.44. The Bertz CT molecular complexity index is 236. The van der Waals surface area contributed by atoms with Gasteiger partial charge in [-0.2, -0.15) is 0 Å². The third-order valence-corrected chi connectivity index (χ3v) is 6.22. The predicted molar refractivity (Wildman–Crippen MR) is 92.0 cm³/mol. The van der Waals surface area contributed by atoms with Crippen molar-refractivity contribution in [2.45, 2.75) is 106 Å². The Balaban J connectivity index is 5.54. The van der Waals surface area contributed by atoms with E-state index in [0.717, 1.165) is 0 Å². The second-order valence-corrected chi connectivity index (χ2v) is 9.20. The van der Waals surface area contributed by atoms with Crippen LogP contribution in [0.25, 0.3) is 0 Å². The molecule has 0 aliphatic heterocycles. The van der Waals surface area contributed by atoms with Crippen LogP contribution in [0, 0.1) is 0 Å². The monoisotopic (exact) mass is 304 g/mol. The molecule has 0 aromatic heterocycles. The molecule has 3 nitrogen and oxygen atoms in total. The third kappa shape index (κ3) is 6.39. The van der Waals surface area contributed by atoms with Gasteiger partial charge in [0, 0.05) is 24.2 Å². The van der Waals surface area contributed by atoms with E-state index in [1.54, 1.807) is 0 Å². The predicted octanol–water partition coefficient (Wildman–Crippen LogP) is 5.27. The highest BCUT2D eigenvalue weighted by molar-refractivity contribution is 7.47. The van der Waals surface area contributed by atoms with Crippen molar-refractivity contribution in [3.63, 3.8) is 0 Å². The molecule has 0 bridgehead atoms. The Morgan fingerprint density at radius 1 is 0.650 bits per heavy atom. The van der Waals surface area contributed by atoms with E-state index in [0.29, 0.717) is 24.2 Å². The van der Waals surface area contributed by atoms with Crippen molar-refractivity contribution < 1.29 is 4.52 Å². The lowest BCUT2D eigenvalue weighted by atomic mass is 10.2. The number of nitrogens with zero attached hydrogens (tertiary/aromatic N) is 2. The van der Waals surface area contributed by atoms with Crippen LogP contribution in [0.15, 0.2) is 0 Å². The zero-order valence-corrected chi connectivity index (χ0v) is 16.5. The van der Waals surface area contributed by atoms with Gasteiger partial charge in [-0.1, -0.05) is 0 Å². The van der Waals surface area contributed by atoms with Gasteiger partial charge in [-0.25, -0.2) is 9.34 Å². The molecule has 0 saturated heterocycles. The molecule has 0 amide bonds. The second-order valence-electron chi connectivity index (χ2n) is 7.59. The fraction of sp³-hybridized carbons (Fsp3) is 1.00. The molecule has 0 rings (SSSR count). The van der Waals surface area contributed by atoms with Gasteiger partial charge >= 0.3 is 0 Å². The van der Waals surface area contributed by atoms with Crippen LogP contribution in [0.3, 0.4) is 0 Å². The maximum Gasteiger partial charge on any atom is 0.189 e. The van der Waals surface area contributed by atoms with Crippen LogP contribution >= 0.6 is 8.45 Å². The molecule has 0 fully saturated rings. The topological polar surface area (TPSA) is 15.7 Å². The fourth-order valence-corrected chi connectivity index (χ4v) is 4.94. The van der Waals surface area contributed by atoms with Crippen LogP contribution in [-0.2, 0) is 4.52 Å². The van der Waals surface area contributed by atoms with Gasteiger partial charge in [0.05, 0.1) is 5.60 Å². The Hall–Kier alpha value is 0.310. The standard InChI is InChI=1S/C16H37N2OP/c1-12(2)17(13(3)4)20(19-16(9,10)11)18(14(5)6)15(7)8/h12-15H,1-11H3. The molecular formula is C16H37N2OP. The van der Waals surface area contributed by atoms with E-state index >= 15 is 0 Å². The molecule has 0 spiro atoms. The minimum Gasteiger partial charge on any atom is -0.325 e. The molecule has 0 unspecified atom stereocenters. The van der Waals surface area contributed by atoms with E-state index in [-0.39, 0.29) is 5.60 Å². The van der Waals surface area contributed by atoms with Crippen LogP contribution < -0.4 is 0 Å². The first kappa shape index (κ1) is 20.3. The summed E-state index contributed by atoms with van der Waals surface area (Å²) in [4.78, 5) is 0. The molecule has 0 radical (unpaired) electrons. The van der Waals surface area contributed by atoms with Gasteiger partial charge in [-0.05, 0) is 76.2 Å². The largest absolute Gasteiger partial charge is 0.325 e. The Morgan fingerprint density at radius 3 is 1.05 bits per heavy atom. The molecule has 0 aliphatic carbocycles. The highest BCUT2D eigenvalue weighted by atomic mass is 31.2. The van der Waals surface area contributed by atoms with E-state index in [1.165, 1.54) is 0 Å². The molecule has 122 valence electrons. The number of rotatable bonds is 7. The average Bonchev–Trinajstić information content (AvgIpc) is 2.11. The first-order chi connectivity index (χ1) is 8.88. The first-order valence-electron chi connectivity index (χ1n) is 7.94. The van der Waals surface area contributed by atoms with E-state index in [9.17, 15) is 0 Å². The van der Waals surface area contributed by atoms with E-state index in [4.69, 9.17) is 4.52 Å². The summed E-state index contributed by atoms with van der Waals surface area (Å²) in [5.74, 6) is 0. The molecular weight excluding hydrogens is 267 g/mol. The molecule has 0 aromatic rings. The highest BCUT2D eigenvalue weighted by Gasteiger charge is 2.36. The van der Waals surface area contributed by atoms with Crippen molar-refractivity contribution in [3.05, 3.63) is 0 Å². The summed E-state index contributed by atoms with van der Waals surface area (Å²) in [5.41, 5.74) is -0.129. The van der Waals surface area contributed by atoms with E-state index < -0.39 is 8.45 Å². The van der Waals surface area contributed by atoms with E-state index in [1.807, 2.05) is 0 Å². The minimum atomic E-state index is -0.767. The second kappa shape index (κ2) is 8.08. The van der Waals surface area contributed by atoms with Gasteiger partial charge in [-0.15, -0.1) is 0 Å². The van der Waals surface area contributed by atoms with Gasteiger partial charge in [0.15, 0.2) is 8.45 Å². The van der Waals surface area contributed by atoms with Crippen LogP contribution in [0.4, 0.5) is 0 Å². The Labute approximate surface area is 129 Å². The van der Waals surface area contributed by atoms with Gasteiger partial charge in [0.1, 0.15) is 0 Å². The summed E-state index contributed by atoms with van der Waals surface area (Å²) in [6.45, 7) is 24.6. The molecule has 20 heavy (non-hydrogen) atoms. The summed E-state index contributed by atoms with van der Waals surface area (Å²) in [5, 5.41) is 0. The summed E-state index contributed by atoms with van der Waals surface area (Å²) in [6, 6.07) is 1.90. The summed E-state index contributed by atoms with van der Waals surface area (Å²) in [7, 11) is -0.767. The fourth-order valence-electron chi connectivity index (χ4n) is 2.44. The van der Waals surface area contributed by atoms with Crippen LogP contribution in [-0.4, -0.2) is 39.1 Å². The van der Waals surface area contributed by atoms with Crippen molar-refractivity contribution >= 4 is 8.45 Å². The Kier molecular flexibility index (Phi) is 8.20. The lowest BCUT2D eigenvalue weighted by molar-refractivity contribution is 0.0966. The molecule has 0 aromatic carbocycles. The SMILES string of the molecule is CC(C)N(C(C)C)P(OC(C)(C)C)N(C(C)C)C(C)C. The van der Waals surface area contributed by atoms with Gasteiger partial charge in [0.2, 0.25) is 0 Å². The number of hydrogen-bond donors (Lipinski definition) is 0. The van der Waals surface area contributed by atoms with Gasteiger partial charge in [0.25, 0.3) is 0 Å². The molecule has 0 saturated carbocycles. The zero-order valence-electron chi connectivity index (χ0n) is 15.6. The smallest absolute Gasteiger partial charge is 0.189 e. The Morgan fingerprint density at radius 2 is 0.900 bits per heavy atom. The third-order valence-electron chi connectivity index (χ3n) is 2.87. The zero-order chi connectivity index (χ0) is 16.2. The summed E-state index contributed by atoms with van der Waals surface area (Å²) >= 11 is 0. The molecule has 0 heterocycles. The summed E-state index contributed by atoms with van der Waals surface area (Å²) < 4.78 is 11.6. The number of hydrogen-bond acceptors (Lipinski definition) is 3. The van der Waals surface area contributed by atoms with Crippen LogP contribution in [0.5, 0.6) is 0 Å². The molecule has 0 atom stereocenters. The molecule has 4 heteroatoms. The van der Waals surface area contributed by atoms with Gasteiger partial charge < -0.3 is 4.52 Å². The summed E-state index contributed by atoms with van der Waals surface area (Å²) in [6.07, 6.45) is 0. The molecule has 0 aliphatic rings. The maximum atomic E-state index is 6.52. The lowest BCUT2D eigenvalue weighted by Gasteiger charge is -2.47.